The summed E-state index contributed by atoms with van der Waals surface area (Å²) in [4.78, 5) is 19.4. The largest absolute Gasteiger partial charge is 0.395 e. The molecule has 5 aliphatic carbocycles. The van der Waals surface area contributed by atoms with E-state index >= 15 is 0 Å². The van der Waals surface area contributed by atoms with Crippen LogP contribution >= 0.6 is 0 Å². The van der Waals surface area contributed by atoms with Crippen LogP contribution in [0.1, 0.15) is 92.9 Å². The summed E-state index contributed by atoms with van der Waals surface area (Å²) >= 11 is 0. The third kappa shape index (κ3) is 6.00. The number of ether oxygens (including phenoxy) is 1. The van der Waals surface area contributed by atoms with Gasteiger partial charge in [0.05, 0.1) is 31.0 Å². The van der Waals surface area contributed by atoms with Crippen molar-refractivity contribution in [1.82, 2.24) is 9.80 Å². The molecule has 1 aliphatic heterocycles. The summed E-state index contributed by atoms with van der Waals surface area (Å²) in [6.07, 6.45) is 6.47. The maximum absolute atomic E-state index is 14.4. The second-order valence-electron chi connectivity index (χ2n) is 18.4. The molecule has 6 aliphatic rings. The van der Waals surface area contributed by atoms with E-state index in [1.807, 2.05) is 7.11 Å². The molecule has 4 N–H and O–H groups in total. The molecule has 8 heteroatoms. The first-order chi connectivity index (χ1) is 22.2. The molecule has 0 amide bonds. The molecule has 8 nitrogen and oxygen atoms in total. The van der Waals surface area contributed by atoms with E-state index in [1.165, 1.54) is 0 Å². The second-order valence-corrected chi connectivity index (χ2v) is 18.4. The van der Waals surface area contributed by atoms with Crippen LogP contribution in [-0.2, 0) is 9.53 Å². The highest BCUT2D eigenvalue weighted by Crippen LogP contribution is 2.72. The minimum Gasteiger partial charge on any atom is -0.395 e. The van der Waals surface area contributed by atoms with E-state index in [2.05, 4.69) is 44.4 Å². The molecule has 47 heavy (non-hydrogen) atoms. The molecule has 1 heterocycles. The average Bonchev–Trinajstić information content (AvgIpc) is 3.00. The number of carbonyl (C=O) groups is 1. The molecular weight excluding hydrogens is 592 g/mol. The molecule has 5 saturated carbocycles. The lowest BCUT2D eigenvalue weighted by atomic mass is 9.34. The number of rotatable bonds is 7. The minimum absolute atomic E-state index is 0.0320. The van der Waals surface area contributed by atoms with Gasteiger partial charge in [0.25, 0.3) is 0 Å². The van der Waals surface area contributed by atoms with Crippen molar-refractivity contribution in [1.29, 1.82) is 0 Å². The second kappa shape index (κ2) is 13.5. The Morgan fingerprint density at radius 1 is 0.957 bits per heavy atom. The van der Waals surface area contributed by atoms with Gasteiger partial charge in [0.1, 0.15) is 5.78 Å². The van der Waals surface area contributed by atoms with Crippen LogP contribution in [0.15, 0.2) is 0 Å². The number of ketones is 1. The van der Waals surface area contributed by atoms with Gasteiger partial charge in [-0.2, -0.15) is 0 Å². The van der Waals surface area contributed by atoms with Crippen molar-refractivity contribution < 1.29 is 30.0 Å². The third-order valence-corrected chi connectivity index (χ3v) is 16.0. The van der Waals surface area contributed by atoms with Crippen LogP contribution < -0.4 is 0 Å². The maximum atomic E-state index is 14.4. The number of aliphatic hydroxyl groups is 4. The van der Waals surface area contributed by atoms with Crippen LogP contribution in [0.3, 0.4) is 0 Å². The van der Waals surface area contributed by atoms with E-state index < -0.39 is 23.7 Å². The highest BCUT2D eigenvalue weighted by atomic mass is 16.5. The highest BCUT2D eigenvalue weighted by molar-refractivity contribution is 5.89. The SMILES string of the molecule is COC1CCC(C2CCC(O)C3C(O)C4C(C)[C@]5(C)C(=O)C(C(C)O)C(C)C[C@]5(C)C[C@]4(C)CC23)CC1CN1CCN(CCO)CC1. The summed E-state index contributed by atoms with van der Waals surface area (Å²) in [7, 11) is 1.88. The fourth-order valence-electron chi connectivity index (χ4n) is 13.9. The van der Waals surface area contributed by atoms with Crippen molar-refractivity contribution in [2.45, 2.75) is 117 Å². The normalized spacial score (nSPS) is 51.9. The van der Waals surface area contributed by atoms with E-state index in [-0.39, 0.29) is 64.8 Å². The quantitative estimate of drug-likeness (QED) is 0.323. The molecular formula is C39H68N2O6. The number of nitrogens with zero attached hydrogens (tertiary/aromatic N) is 2. The van der Waals surface area contributed by atoms with E-state index in [1.54, 1.807) is 6.92 Å². The molecule has 0 aromatic rings. The van der Waals surface area contributed by atoms with Crippen molar-refractivity contribution in [3.8, 4) is 0 Å². The van der Waals surface area contributed by atoms with Crippen LogP contribution in [0.4, 0.5) is 0 Å². The molecule has 16 atom stereocenters. The number of fused-ring (bicyclic) bond motifs is 3. The Morgan fingerprint density at radius 3 is 2.28 bits per heavy atom. The smallest absolute Gasteiger partial charge is 0.145 e. The van der Waals surface area contributed by atoms with E-state index in [9.17, 15) is 25.2 Å². The number of carbonyl (C=O) groups excluding carboxylic acids is 1. The standard InChI is InChI=1S/C39H68N2O6/c1-23-19-38(5)22-37(4)20-29-28(26-8-11-31(47-7)27(18-26)21-41-14-12-40(13-15-41)16-17-42)9-10-30(44)33(29)35(45)34(37)24(2)39(38,6)36(46)32(23)25(3)43/h23-35,42-45H,8-22H2,1-7H3/t23?,24?,25?,26?,27?,28?,29?,30?,31?,32?,33?,34?,35?,37-,38+,39+/m0/s1. The number of piperazine rings is 1. The number of β-amino-alcohol motifs (C(OH)–C–C–N with tert-alkyl or cyclic N) is 1. The number of aliphatic hydroxyl groups excluding tert-OH is 4. The lowest BCUT2D eigenvalue weighted by Gasteiger charge is -2.70. The first kappa shape index (κ1) is 36.2. The summed E-state index contributed by atoms with van der Waals surface area (Å²) in [5.41, 5.74) is -0.927. The van der Waals surface area contributed by atoms with Gasteiger partial charge in [0, 0.05) is 63.6 Å². The fourth-order valence-corrected chi connectivity index (χ4v) is 13.9. The fraction of sp³-hybridized carbons (Fsp3) is 0.974. The Labute approximate surface area is 285 Å². The molecule has 270 valence electrons. The maximum Gasteiger partial charge on any atom is 0.145 e. The van der Waals surface area contributed by atoms with E-state index in [0.29, 0.717) is 17.8 Å². The Bertz CT molecular complexity index is 1110. The molecule has 0 aromatic carbocycles. The Morgan fingerprint density at radius 2 is 1.64 bits per heavy atom. The van der Waals surface area contributed by atoms with E-state index in [4.69, 9.17) is 4.74 Å². The molecule has 6 fully saturated rings. The Balaban J connectivity index is 1.24. The minimum atomic E-state index is -0.672. The van der Waals surface area contributed by atoms with Crippen molar-refractivity contribution in [2.75, 3.05) is 53.0 Å². The van der Waals surface area contributed by atoms with Gasteiger partial charge in [0.2, 0.25) is 0 Å². The van der Waals surface area contributed by atoms with Crippen LogP contribution in [0.25, 0.3) is 0 Å². The summed E-state index contributed by atoms with van der Waals surface area (Å²) in [5, 5.41) is 44.2. The molecule has 0 bridgehead atoms. The van der Waals surface area contributed by atoms with Gasteiger partial charge >= 0.3 is 0 Å². The van der Waals surface area contributed by atoms with Gasteiger partial charge in [-0.25, -0.2) is 0 Å². The average molecular weight is 661 g/mol. The van der Waals surface area contributed by atoms with Crippen molar-refractivity contribution in [2.24, 2.45) is 69.5 Å². The van der Waals surface area contributed by atoms with Gasteiger partial charge in [-0.3, -0.25) is 9.69 Å². The Hall–Kier alpha value is -0.610. The number of hydrogen-bond acceptors (Lipinski definition) is 8. The zero-order chi connectivity index (χ0) is 34.1. The zero-order valence-electron chi connectivity index (χ0n) is 30.6. The predicted molar refractivity (Wildman–Crippen MR) is 183 cm³/mol. The number of Topliss-reactive ketones (excluding diaryl/α,β-unsaturated/α-hetero) is 1. The summed E-state index contributed by atoms with van der Waals surface area (Å²) in [6.45, 7) is 19.2. The lowest BCUT2D eigenvalue weighted by Crippen LogP contribution is -2.70. The summed E-state index contributed by atoms with van der Waals surface area (Å²) in [5.74, 6) is 1.54. The van der Waals surface area contributed by atoms with E-state index in [0.717, 1.165) is 90.6 Å². The highest BCUT2D eigenvalue weighted by Gasteiger charge is 2.70. The van der Waals surface area contributed by atoms with Gasteiger partial charge in [-0.1, -0.05) is 34.6 Å². The zero-order valence-corrected chi connectivity index (χ0v) is 30.6. The molecule has 0 spiro atoms. The third-order valence-electron chi connectivity index (χ3n) is 16.0. The molecule has 0 radical (unpaired) electrons. The molecule has 1 saturated heterocycles. The monoisotopic (exact) mass is 661 g/mol. The van der Waals surface area contributed by atoms with Gasteiger partial charge < -0.3 is 30.1 Å². The number of hydrogen-bond donors (Lipinski definition) is 4. The van der Waals surface area contributed by atoms with Crippen molar-refractivity contribution in [3.63, 3.8) is 0 Å². The molecule has 6 rings (SSSR count). The Kier molecular flexibility index (Phi) is 10.4. The molecule has 13 unspecified atom stereocenters. The van der Waals surface area contributed by atoms with Crippen molar-refractivity contribution >= 4 is 5.78 Å². The lowest BCUT2D eigenvalue weighted by molar-refractivity contribution is -0.244. The summed E-state index contributed by atoms with van der Waals surface area (Å²) in [6, 6.07) is 0. The van der Waals surface area contributed by atoms with Gasteiger partial charge in [0.15, 0.2) is 0 Å². The van der Waals surface area contributed by atoms with Crippen LogP contribution in [0, 0.1) is 69.5 Å². The predicted octanol–water partition coefficient (Wildman–Crippen LogP) is 4.08. The summed E-state index contributed by atoms with van der Waals surface area (Å²) < 4.78 is 6.10. The molecule has 0 aromatic heterocycles. The van der Waals surface area contributed by atoms with Crippen LogP contribution in [0.5, 0.6) is 0 Å². The topological polar surface area (TPSA) is 114 Å². The van der Waals surface area contributed by atoms with Gasteiger partial charge in [-0.15, -0.1) is 0 Å². The van der Waals surface area contributed by atoms with Crippen molar-refractivity contribution in [3.05, 3.63) is 0 Å². The first-order valence-electron chi connectivity index (χ1n) is 19.4. The number of methoxy groups -OCH3 is 1. The van der Waals surface area contributed by atoms with Crippen LogP contribution in [0.2, 0.25) is 0 Å². The van der Waals surface area contributed by atoms with Crippen LogP contribution in [-0.4, -0.2) is 113 Å². The van der Waals surface area contributed by atoms with Gasteiger partial charge in [-0.05, 0) is 111 Å². The first-order valence-corrected chi connectivity index (χ1v) is 19.4.